The van der Waals surface area contributed by atoms with Gasteiger partial charge in [-0.2, -0.15) is 0 Å². The number of carbonyl (C=O) groups excluding carboxylic acids is 2. The van der Waals surface area contributed by atoms with E-state index in [1.807, 2.05) is 42.5 Å². The maximum atomic E-state index is 12.6. The number of carbonyl (C=O) groups is 2. The standard InChI is InChI=1S/C46H75O11P/c1-3-5-7-9-11-12-13-14-15-16-17-18-19-20-24-28-32-36-45(50)54-40-44(41-56-58(52,53)55-39-43(49)38-47)57-46(51)37-33-29-25-22-21-23-27-31-35-42(48)34-30-26-10-8-6-4-2/h6,8,11-12,14-15,17-18,22-23,25-27,30-31,35,42-44,47-49H,3-5,7,9-10,13,16,19-21,24,28-29,32-34,36-41H2,1-2H3,(H,52,53)/b8-6-,12-11-,15-14-,18-17-,25-22-,27-23-,30-26-,35-31+/t42?,43-,44+/m0/s1. The third-order valence-electron chi connectivity index (χ3n) is 8.30. The summed E-state index contributed by atoms with van der Waals surface area (Å²) in [7, 11) is -4.66. The first-order valence-electron chi connectivity index (χ1n) is 21.3. The van der Waals surface area contributed by atoms with Gasteiger partial charge in [-0.3, -0.25) is 18.6 Å². The number of phosphoric ester groups is 1. The van der Waals surface area contributed by atoms with Crippen molar-refractivity contribution in [2.24, 2.45) is 0 Å². The van der Waals surface area contributed by atoms with Gasteiger partial charge in [-0.05, 0) is 83.5 Å². The molecule has 0 aliphatic heterocycles. The van der Waals surface area contributed by atoms with E-state index in [4.69, 9.17) is 19.1 Å². The van der Waals surface area contributed by atoms with Crippen molar-refractivity contribution in [3.8, 4) is 0 Å². The minimum absolute atomic E-state index is 0.0628. The molecule has 0 aliphatic carbocycles. The van der Waals surface area contributed by atoms with E-state index < -0.39 is 57.9 Å². The number of esters is 2. The Kier molecular flexibility index (Phi) is 38.4. The average Bonchev–Trinajstić information content (AvgIpc) is 3.21. The second kappa shape index (κ2) is 40.6. The highest BCUT2D eigenvalue weighted by molar-refractivity contribution is 7.47. The lowest BCUT2D eigenvalue weighted by Gasteiger charge is -2.20. The first kappa shape index (κ1) is 54.9. The Labute approximate surface area is 349 Å². The van der Waals surface area contributed by atoms with Crippen LogP contribution in [0.1, 0.15) is 136 Å². The molecule has 12 heteroatoms. The van der Waals surface area contributed by atoms with Crippen LogP contribution in [-0.2, 0) is 32.7 Å². The zero-order valence-electron chi connectivity index (χ0n) is 35.3. The number of ether oxygens (including phenoxy) is 2. The Balaban J connectivity index is 4.54. The minimum atomic E-state index is -4.66. The summed E-state index contributed by atoms with van der Waals surface area (Å²) in [6, 6.07) is 0. The van der Waals surface area contributed by atoms with Crippen LogP contribution in [0.5, 0.6) is 0 Å². The lowest BCUT2D eigenvalue weighted by Crippen LogP contribution is -2.29. The van der Waals surface area contributed by atoms with Crippen LogP contribution in [0.2, 0.25) is 0 Å². The van der Waals surface area contributed by atoms with Crippen molar-refractivity contribution in [1.82, 2.24) is 0 Å². The molecule has 0 aromatic rings. The van der Waals surface area contributed by atoms with Crippen molar-refractivity contribution in [2.75, 3.05) is 26.4 Å². The van der Waals surface area contributed by atoms with Crippen molar-refractivity contribution >= 4 is 19.8 Å². The first-order chi connectivity index (χ1) is 28.1. The maximum Gasteiger partial charge on any atom is 0.472 e. The lowest BCUT2D eigenvalue weighted by atomic mass is 10.1. The van der Waals surface area contributed by atoms with Crippen LogP contribution < -0.4 is 0 Å². The summed E-state index contributed by atoms with van der Waals surface area (Å²) in [6.07, 6.45) is 45.5. The molecule has 0 heterocycles. The molecule has 330 valence electrons. The fourth-order valence-electron chi connectivity index (χ4n) is 5.00. The monoisotopic (exact) mass is 835 g/mol. The Morgan fingerprint density at radius 2 is 1.16 bits per heavy atom. The van der Waals surface area contributed by atoms with E-state index in [1.165, 1.54) is 19.3 Å². The molecule has 0 rings (SSSR count). The molecular formula is C46H75O11P. The van der Waals surface area contributed by atoms with Crippen LogP contribution >= 0.6 is 7.82 Å². The number of aliphatic hydroxyl groups excluding tert-OH is 3. The Hall–Kier alpha value is -3.15. The van der Waals surface area contributed by atoms with Gasteiger partial charge in [0.15, 0.2) is 6.10 Å². The van der Waals surface area contributed by atoms with E-state index in [-0.39, 0.29) is 19.4 Å². The summed E-state index contributed by atoms with van der Waals surface area (Å²) in [5, 5.41) is 28.3. The largest absolute Gasteiger partial charge is 0.472 e. The van der Waals surface area contributed by atoms with Gasteiger partial charge in [-0.25, -0.2) is 4.57 Å². The summed E-state index contributed by atoms with van der Waals surface area (Å²) in [4.78, 5) is 35.0. The molecule has 0 spiro atoms. The van der Waals surface area contributed by atoms with E-state index in [0.717, 1.165) is 57.8 Å². The molecule has 0 bridgehead atoms. The number of unbranched alkanes of at least 4 members (excludes halogenated alkanes) is 8. The maximum absolute atomic E-state index is 12.6. The Morgan fingerprint density at radius 3 is 1.81 bits per heavy atom. The van der Waals surface area contributed by atoms with Gasteiger partial charge < -0.3 is 29.7 Å². The van der Waals surface area contributed by atoms with Gasteiger partial charge in [-0.15, -0.1) is 0 Å². The quantitative estimate of drug-likeness (QED) is 0.0154. The SMILES string of the molecule is CC/C=C\C/C=C\CC(O)/C=C/C=C\C/C=C\CCCC(=O)O[C@H](COC(=O)CCCCCC/C=C\C/C=C\C/C=C\CCCCC)COP(=O)(O)OC[C@@H](O)CO. The molecule has 0 fully saturated rings. The molecule has 4 atom stereocenters. The van der Waals surface area contributed by atoms with E-state index in [1.54, 1.807) is 6.08 Å². The van der Waals surface area contributed by atoms with E-state index >= 15 is 0 Å². The van der Waals surface area contributed by atoms with Gasteiger partial charge >= 0.3 is 19.8 Å². The topological polar surface area (TPSA) is 169 Å². The molecule has 0 aliphatic rings. The molecule has 0 saturated carbocycles. The minimum Gasteiger partial charge on any atom is -0.462 e. The summed E-state index contributed by atoms with van der Waals surface area (Å²) >= 11 is 0. The summed E-state index contributed by atoms with van der Waals surface area (Å²) in [5.41, 5.74) is 0. The second-order valence-electron chi connectivity index (χ2n) is 13.8. The Morgan fingerprint density at radius 1 is 0.603 bits per heavy atom. The molecule has 0 radical (unpaired) electrons. The highest BCUT2D eigenvalue weighted by Crippen LogP contribution is 2.43. The van der Waals surface area contributed by atoms with Gasteiger partial charge in [0.1, 0.15) is 12.7 Å². The summed E-state index contributed by atoms with van der Waals surface area (Å²) < 4.78 is 32.6. The van der Waals surface area contributed by atoms with Crippen molar-refractivity contribution in [2.45, 2.75) is 154 Å². The van der Waals surface area contributed by atoms with Gasteiger partial charge in [0.05, 0.1) is 25.9 Å². The third-order valence-corrected chi connectivity index (χ3v) is 9.25. The van der Waals surface area contributed by atoms with Gasteiger partial charge in [0.25, 0.3) is 0 Å². The van der Waals surface area contributed by atoms with Crippen LogP contribution in [0, 0.1) is 0 Å². The molecule has 2 unspecified atom stereocenters. The van der Waals surface area contributed by atoms with Crippen LogP contribution in [0.4, 0.5) is 0 Å². The first-order valence-corrected chi connectivity index (χ1v) is 22.8. The molecule has 4 N–H and O–H groups in total. The van der Waals surface area contributed by atoms with Crippen LogP contribution in [0.15, 0.2) is 97.2 Å². The van der Waals surface area contributed by atoms with E-state index in [9.17, 15) is 29.3 Å². The molecule has 0 saturated heterocycles. The fourth-order valence-corrected chi connectivity index (χ4v) is 5.79. The van der Waals surface area contributed by atoms with Gasteiger partial charge in [0, 0.05) is 12.8 Å². The zero-order valence-corrected chi connectivity index (χ0v) is 36.2. The second-order valence-corrected chi connectivity index (χ2v) is 15.3. The zero-order chi connectivity index (χ0) is 42.8. The van der Waals surface area contributed by atoms with Crippen LogP contribution in [0.3, 0.4) is 0 Å². The summed E-state index contributed by atoms with van der Waals surface area (Å²) in [5.74, 6) is -1.07. The number of hydrogen-bond acceptors (Lipinski definition) is 10. The van der Waals surface area contributed by atoms with Crippen molar-refractivity contribution in [1.29, 1.82) is 0 Å². The fraction of sp³-hybridized carbons (Fsp3) is 0.609. The van der Waals surface area contributed by atoms with Crippen LogP contribution in [0.25, 0.3) is 0 Å². The predicted molar refractivity (Wildman–Crippen MR) is 234 cm³/mol. The van der Waals surface area contributed by atoms with Gasteiger partial charge in [0.2, 0.25) is 0 Å². The van der Waals surface area contributed by atoms with E-state index in [2.05, 4.69) is 67.0 Å². The molecular weight excluding hydrogens is 759 g/mol. The van der Waals surface area contributed by atoms with Crippen LogP contribution in [-0.4, -0.2) is 76.9 Å². The van der Waals surface area contributed by atoms with E-state index in [0.29, 0.717) is 32.1 Å². The predicted octanol–water partition coefficient (Wildman–Crippen LogP) is 10.2. The number of aliphatic hydroxyl groups is 3. The smallest absolute Gasteiger partial charge is 0.462 e. The highest BCUT2D eigenvalue weighted by Gasteiger charge is 2.27. The van der Waals surface area contributed by atoms with Crippen molar-refractivity contribution < 1.29 is 52.9 Å². The molecule has 0 amide bonds. The van der Waals surface area contributed by atoms with Crippen molar-refractivity contribution in [3.05, 3.63) is 97.2 Å². The lowest BCUT2D eigenvalue weighted by molar-refractivity contribution is -0.161. The number of hydrogen-bond donors (Lipinski definition) is 4. The normalized spacial score (nSPS) is 15.3. The van der Waals surface area contributed by atoms with Crippen molar-refractivity contribution in [3.63, 3.8) is 0 Å². The number of allylic oxidation sites excluding steroid dienone is 14. The van der Waals surface area contributed by atoms with Gasteiger partial charge in [-0.1, -0.05) is 137 Å². The average molecular weight is 835 g/mol. The molecule has 0 aromatic heterocycles. The molecule has 0 aromatic carbocycles. The Bertz CT molecular complexity index is 1300. The summed E-state index contributed by atoms with van der Waals surface area (Å²) in [6.45, 7) is 2.02. The molecule has 11 nitrogen and oxygen atoms in total. The molecule has 58 heavy (non-hydrogen) atoms. The third kappa shape index (κ3) is 39.7. The number of phosphoric acid groups is 1. The number of rotatable bonds is 38. The highest BCUT2D eigenvalue weighted by atomic mass is 31.2.